The van der Waals surface area contributed by atoms with E-state index in [2.05, 4.69) is 24.3 Å². The Labute approximate surface area is 65.4 Å². The Morgan fingerprint density at radius 3 is 1.27 bits per heavy atom. The van der Waals surface area contributed by atoms with E-state index < -0.39 is 10.1 Å². The summed E-state index contributed by atoms with van der Waals surface area (Å²) in [6, 6.07) is 8.48. The van der Waals surface area contributed by atoms with E-state index in [1.807, 2.05) is 0 Å². The van der Waals surface area contributed by atoms with E-state index in [-0.39, 0.29) is 0 Å². The van der Waals surface area contributed by atoms with E-state index in [4.69, 9.17) is 4.55 Å². The molecular weight excluding hydrogens is 164 g/mol. The summed E-state index contributed by atoms with van der Waals surface area (Å²) in [6.07, 6.45) is 0.715. The molecule has 0 aromatic heterocycles. The van der Waals surface area contributed by atoms with Crippen molar-refractivity contribution >= 4 is 10.1 Å². The summed E-state index contributed by atoms with van der Waals surface area (Å²) in [4.78, 5) is 0. The molecule has 0 unspecified atom stereocenters. The Bertz CT molecular complexity index is 307. The predicted octanol–water partition coefficient (Wildman–Crippen LogP) is 1.17. The predicted molar refractivity (Wildman–Crippen MR) is 42.9 cm³/mol. The van der Waals surface area contributed by atoms with Crippen LogP contribution in [0.2, 0.25) is 0 Å². The normalized spacial score (nSPS) is 11.5. The Morgan fingerprint density at radius 1 is 1.09 bits per heavy atom. The molecule has 0 heterocycles. The molecule has 11 heavy (non-hydrogen) atoms. The summed E-state index contributed by atoms with van der Waals surface area (Å²) in [7, 11) is -3.67. The van der Waals surface area contributed by atoms with Gasteiger partial charge in [-0.3, -0.25) is 4.55 Å². The van der Waals surface area contributed by atoms with E-state index >= 15 is 0 Å². The van der Waals surface area contributed by atoms with Crippen LogP contribution < -0.4 is 0 Å². The minimum absolute atomic E-state index is 0.715. The maximum absolute atomic E-state index is 9.19. The lowest BCUT2D eigenvalue weighted by Crippen LogP contribution is -1.88. The lowest BCUT2D eigenvalue weighted by atomic mass is 9.95. The molecule has 0 radical (unpaired) electrons. The average molecular weight is 172 g/mol. The van der Waals surface area contributed by atoms with Crippen LogP contribution in [0.4, 0.5) is 0 Å². The molecule has 1 N–H and O–H groups in total. The lowest BCUT2D eigenvalue weighted by Gasteiger charge is -2.10. The third kappa shape index (κ3) is 2.69. The fraction of sp³-hybridized carbons (Fsp3) is 0.143. The number of benzene rings is 1. The van der Waals surface area contributed by atoms with Crippen molar-refractivity contribution in [2.45, 2.75) is 0 Å². The number of hydrogen-bond acceptors (Lipinski definition) is 2. The smallest absolute Gasteiger partial charge is 0.261 e. The zero-order chi connectivity index (χ0) is 8.48. The zero-order valence-corrected chi connectivity index (χ0v) is 6.80. The molecule has 2 aliphatic rings. The van der Waals surface area contributed by atoms with E-state index in [1.165, 1.54) is 11.1 Å². The largest absolute Gasteiger partial charge is 0.286 e. The minimum Gasteiger partial charge on any atom is -0.286 e. The van der Waals surface area contributed by atoms with Gasteiger partial charge < -0.3 is 0 Å². The first-order valence-electron chi connectivity index (χ1n) is 3.00. The number of hydrogen-bond donors (Lipinski definition) is 1. The van der Waals surface area contributed by atoms with Gasteiger partial charge in [0.05, 0.1) is 6.26 Å². The van der Waals surface area contributed by atoms with Gasteiger partial charge in [-0.1, -0.05) is 24.3 Å². The van der Waals surface area contributed by atoms with Gasteiger partial charge in [0.15, 0.2) is 0 Å². The molecule has 2 rings (SSSR count). The van der Waals surface area contributed by atoms with E-state index in [0.717, 1.165) is 0 Å². The Kier molecular flexibility index (Phi) is 1.97. The molecular formula is C7H8O3S. The molecule has 2 aliphatic carbocycles. The molecule has 60 valence electrons. The van der Waals surface area contributed by atoms with Crippen LogP contribution in [0.25, 0.3) is 11.1 Å². The highest BCUT2D eigenvalue weighted by atomic mass is 32.2. The van der Waals surface area contributed by atoms with Gasteiger partial charge in [-0.05, 0) is 11.1 Å². The number of fused-ring (bicyclic) bond motifs is 1. The fourth-order valence-corrected chi connectivity index (χ4v) is 0.663. The van der Waals surface area contributed by atoms with Gasteiger partial charge >= 0.3 is 0 Å². The van der Waals surface area contributed by atoms with Gasteiger partial charge in [-0.25, -0.2) is 0 Å². The van der Waals surface area contributed by atoms with Crippen molar-refractivity contribution in [3.05, 3.63) is 24.3 Å². The second-order valence-electron chi connectivity index (χ2n) is 2.31. The second kappa shape index (κ2) is 2.64. The van der Waals surface area contributed by atoms with Crippen LogP contribution in [0, 0.1) is 0 Å². The molecule has 0 aromatic carbocycles. The van der Waals surface area contributed by atoms with Crippen LogP contribution in [-0.2, 0) is 10.1 Å². The first-order valence-corrected chi connectivity index (χ1v) is 4.84. The van der Waals surface area contributed by atoms with E-state index in [1.54, 1.807) is 0 Å². The van der Waals surface area contributed by atoms with Crippen molar-refractivity contribution in [2.75, 3.05) is 6.26 Å². The monoisotopic (exact) mass is 172 g/mol. The summed E-state index contributed by atoms with van der Waals surface area (Å²) in [6.45, 7) is 0. The van der Waals surface area contributed by atoms with Crippen LogP contribution in [0.1, 0.15) is 0 Å². The highest BCUT2D eigenvalue weighted by molar-refractivity contribution is 7.85. The summed E-state index contributed by atoms with van der Waals surface area (Å²) >= 11 is 0. The van der Waals surface area contributed by atoms with Crippen molar-refractivity contribution in [1.29, 1.82) is 0 Å². The number of rotatable bonds is 0. The molecule has 0 amide bonds. The lowest BCUT2D eigenvalue weighted by molar-refractivity contribution is 0.490. The van der Waals surface area contributed by atoms with Gasteiger partial charge in [0.2, 0.25) is 0 Å². The fourth-order valence-electron chi connectivity index (χ4n) is 0.663. The molecule has 4 heteroatoms. The van der Waals surface area contributed by atoms with Gasteiger partial charge in [0.25, 0.3) is 10.1 Å². The molecule has 0 atom stereocenters. The van der Waals surface area contributed by atoms with Crippen LogP contribution in [0.3, 0.4) is 0 Å². The second-order valence-corrected chi connectivity index (χ2v) is 3.78. The van der Waals surface area contributed by atoms with Crippen LogP contribution in [-0.4, -0.2) is 19.2 Å². The van der Waals surface area contributed by atoms with Crippen molar-refractivity contribution in [3.63, 3.8) is 0 Å². The minimum atomic E-state index is -3.67. The zero-order valence-electron chi connectivity index (χ0n) is 5.98. The van der Waals surface area contributed by atoms with Crippen molar-refractivity contribution in [2.24, 2.45) is 0 Å². The molecule has 0 saturated heterocycles. The Morgan fingerprint density at radius 2 is 1.27 bits per heavy atom. The molecule has 0 spiro atoms. The quantitative estimate of drug-likeness (QED) is 0.607. The molecule has 0 fully saturated rings. The summed E-state index contributed by atoms with van der Waals surface area (Å²) in [5.74, 6) is 0. The first kappa shape index (κ1) is 8.23. The maximum Gasteiger partial charge on any atom is 0.261 e. The molecule has 0 aliphatic heterocycles. The van der Waals surface area contributed by atoms with Crippen molar-refractivity contribution < 1.29 is 13.0 Å². The van der Waals surface area contributed by atoms with E-state index in [0.29, 0.717) is 6.26 Å². The summed E-state index contributed by atoms with van der Waals surface area (Å²) < 4.78 is 25.9. The summed E-state index contributed by atoms with van der Waals surface area (Å²) in [5, 5.41) is 0. The third-order valence-electron chi connectivity index (χ3n) is 1.22. The van der Waals surface area contributed by atoms with Crippen LogP contribution in [0.5, 0.6) is 0 Å². The standard InChI is InChI=1S/C6H4.CH4O3S/c1-2-6-4-3-5(1)6;1-5(2,3)4/h1-4H;1H3,(H,2,3,4). The van der Waals surface area contributed by atoms with Crippen molar-refractivity contribution in [1.82, 2.24) is 0 Å². The summed E-state index contributed by atoms with van der Waals surface area (Å²) in [5.41, 5.74) is 2.85. The van der Waals surface area contributed by atoms with Crippen molar-refractivity contribution in [3.8, 4) is 11.1 Å². The van der Waals surface area contributed by atoms with Crippen LogP contribution >= 0.6 is 0 Å². The van der Waals surface area contributed by atoms with Gasteiger partial charge in [0.1, 0.15) is 0 Å². The SMILES string of the molecule is CS(=O)(=O)O.c1cc2ccc1-2. The maximum atomic E-state index is 9.19. The Balaban J connectivity index is 0.000000114. The molecule has 0 saturated carbocycles. The highest BCUT2D eigenvalue weighted by Crippen LogP contribution is 2.29. The molecule has 0 bridgehead atoms. The van der Waals surface area contributed by atoms with Crippen LogP contribution in [0.15, 0.2) is 24.3 Å². The third-order valence-corrected chi connectivity index (χ3v) is 1.22. The Hall–Kier alpha value is -0.870. The molecule has 0 aromatic rings. The van der Waals surface area contributed by atoms with Gasteiger partial charge in [-0.15, -0.1) is 0 Å². The highest BCUT2D eigenvalue weighted by Gasteiger charge is 2.03. The van der Waals surface area contributed by atoms with Gasteiger partial charge in [0, 0.05) is 0 Å². The molecule has 3 nitrogen and oxygen atoms in total. The first-order chi connectivity index (χ1) is 4.97. The van der Waals surface area contributed by atoms with E-state index in [9.17, 15) is 8.42 Å². The topological polar surface area (TPSA) is 54.4 Å². The van der Waals surface area contributed by atoms with Gasteiger partial charge in [-0.2, -0.15) is 8.42 Å². The average Bonchev–Trinajstić information content (AvgIpc) is 1.74.